The van der Waals surface area contributed by atoms with Gasteiger partial charge in [-0.15, -0.1) is 0 Å². The lowest BCUT2D eigenvalue weighted by molar-refractivity contribution is 0.542. The van der Waals surface area contributed by atoms with E-state index in [2.05, 4.69) is 26.8 Å². The molecule has 0 amide bonds. The lowest BCUT2D eigenvalue weighted by Gasteiger charge is -2.05. The van der Waals surface area contributed by atoms with Crippen molar-refractivity contribution in [3.8, 4) is 0 Å². The lowest BCUT2D eigenvalue weighted by atomic mass is 10.0. The van der Waals surface area contributed by atoms with Crippen LogP contribution in [0.5, 0.6) is 0 Å². The molecule has 2 atom stereocenters. The molecule has 1 saturated carbocycles. The summed E-state index contributed by atoms with van der Waals surface area (Å²) in [5.74, 6) is 2.05. The number of hydrogen-bond donors (Lipinski definition) is 0. The molecule has 0 unspecified atom stereocenters. The Morgan fingerprint density at radius 2 is 2.10 bits per heavy atom. The molecule has 56 valence electrons. The maximum Gasteiger partial charge on any atom is -0.0286 e. The van der Waals surface area contributed by atoms with E-state index in [-0.39, 0.29) is 0 Å². The minimum absolute atomic E-state index is 0.675. The van der Waals surface area contributed by atoms with Crippen LogP contribution in [-0.4, -0.2) is 0 Å². The third-order valence-electron chi connectivity index (χ3n) is 3.55. The average molecular weight is 136 g/mol. The van der Waals surface area contributed by atoms with Gasteiger partial charge in [-0.2, -0.15) is 0 Å². The van der Waals surface area contributed by atoms with E-state index in [1.165, 1.54) is 12.8 Å². The van der Waals surface area contributed by atoms with Crippen LogP contribution >= 0.6 is 0 Å². The molecule has 0 nitrogen and oxygen atoms in total. The fraction of sp³-hybridized carbons (Fsp3) is 0.800. The van der Waals surface area contributed by atoms with Gasteiger partial charge in [0, 0.05) is 0 Å². The van der Waals surface area contributed by atoms with Gasteiger partial charge >= 0.3 is 0 Å². The molecule has 0 heterocycles. The predicted molar refractivity (Wildman–Crippen MR) is 43.8 cm³/mol. The molecule has 0 heteroatoms. The molecule has 0 aliphatic heterocycles. The van der Waals surface area contributed by atoms with Gasteiger partial charge in [-0.05, 0) is 37.0 Å². The Bertz CT molecular complexity index is 186. The Labute approximate surface area is 63.3 Å². The van der Waals surface area contributed by atoms with Crippen LogP contribution in [0.2, 0.25) is 0 Å². The van der Waals surface area contributed by atoms with Crippen molar-refractivity contribution in [1.29, 1.82) is 0 Å². The first-order valence-electron chi connectivity index (χ1n) is 4.28. The van der Waals surface area contributed by atoms with Gasteiger partial charge in [0.1, 0.15) is 0 Å². The molecule has 2 aliphatic rings. The molecule has 10 heavy (non-hydrogen) atoms. The molecule has 2 aliphatic carbocycles. The number of hydrogen-bond acceptors (Lipinski definition) is 0. The molecule has 1 fully saturated rings. The average Bonchev–Trinajstić information content (AvgIpc) is 2.36. The Morgan fingerprint density at radius 3 is 2.60 bits per heavy atom. The first-order chi connectivity index (χ1) is 4.62. The zero-order chi connectivity index (χ0) is 7.35. The molecule has 0 spiro atoms. The van der Waals surface area contributed by atoms with Crippen molar-refractivity contribution >= 4 is 0 Å². The summed E-state index contributed by atoms with van der Waals surface area (Å²) >= 11 is 0. The van der Waals surface area contributed by atoms with Gasteiger partial charge in [0.2, 0.25) is 0 Å². The van der Waals surface area contributed by atoms with Crippen molar-refractivity contribution < 1.29 is 0 Å². The fourth-order valence-electron chi connectivity index (χ4n) is 2.49. The van der Waals surface area contributed by atoms with Crippen LogP contribution < -0.4 is 0 Å². The van der Waals surface area contributed by atoms with Crippen molar-refractivity contribution in [2.45, 2.75) is 33.6 Å². The van der Waals surface area contributed by atoms with Gasteiger partial charge in [0.05, 0.1) is 0 Å². The van der Waals surface area contributed by atoms with E-state index >= 15 is 0 Å². The monoisotopic (exact) mass is 136 g/mol. The Balaban J connectivity index is 2.13. The molecular weight excluding hydrogens is 120 g/mol. The zero-order valence-electron chi connectivity index (χ0n) is 7.15. The van der Waals surface area contributed by atoms with Crippen molar-refractivity contribution in [1.82, 2.24) is 0 Å². The van der Waals surface area contributed by atoms with E-state index in [1.807, 2.05) is 0 Å². The fourth-order valence-corrected chi connectivity index (χ4v) is 2.49. The predicted octanol–water partition coefficient (Wildman–Crippen LogP) is 3.00. The maximum absolute atomic E-state index is 2.43. The number of rotatable bonds is 0. The SMILES string of the molecule is CC1=CC[C@H]2[C@@H](C1)C2(C)C. The molecule has 0 N–H and O–H groups in total. The van der Waals surface area contributed by atoms with Crippen LogP contribution in [0.3, 0.4) is 0 Å². The topological polar surface area (TPSA) is 0 Å². The minimum Gasteiger partial charge on any atom is -0.0853 e. The number of fused-ring (bicyclic) bond motifs is 1. The molecular formula is C10H16. The van der Waals surface area contributed by atoms with Gasteiger partial charge in [-0.1, -0.05) is 25.5 Å². The van der Waals surface area contributed by atoms with Gasteiger partial charge in [0.25, 0.3) is 0 Å². The van der Waals surface area contributed by atoms with Crippen LogP contribution in [0, 0.1) is 17.3 Å². The Morgan fingerprint density at radius 1 is 1.40 bits per heavy atom. The van der Waals surface area contributed by atoms with Crippen molar-refractivity contribution in [2.75, 3.05) is 0 Å². The highest BCUT2D eigenvalue weighted by Gasteiger charge is 2.57. The molecule has 0 bridgehead atoms. The lowest BCUT2D eigenvalue weighted by Crippen LogP contribution is -1.90. The molecule has 2 rings (SSSR count). The summed E-state index contributed by atoms with van der Waals surface area (Å²) in [6, 6.07) is 0. The first kappa shape index (κ1) is 6.45. The minimum atomic E-state index is 0.675. The van der Waals surface area contributed by atoms with E-state index in [4.69, 9.17) is 0 Å². The summed E-state index contributed by atoms with van der Waals surface area (Å²) in [4.78, 5) is 0. The second kappa shape index (κ2) is 1.66. The van der Waals surface area contributed by atoms with E-state index in [0.29, 0.717) is 5.41 Å². The van der Waals surface area contributed by atoms with E-state index in [9.17, 15) is 0 Å². The van der Waals surface area contributed by atoms with Crippen LogP contribution in [0.4, 0.5) is 0 Å². The second-order valence-corrected chi connectivity index (χ2v) is 4.52. The largest absolute Gasteiger partial charge is 0.0853 e. The summed E-state index contributed by atoms with van der Waals surface area (Å²) in [5.41, 5.74) is 2.29. The quantitative estimate of drug-likeness (QED) is 0.449. The molecule has 0 aromatic rings. The van der Waals surface area contributed by atoms with Crippen molar-refractivity contribution in [2.24, 2.45) is 17.3 Å². The highest BCUT2D eigenvalue weighted by molar-refractivity contribution is 5.18. The highest BCUT2D eigenvalue weighted by Crippen LogP contribution is 2.64. The molecule has 0 aromatic carbocycles. The van der Waals surface area contributed by atoms with E-state index in [0.717, 1.165) is 11.8 Å². The molecule has 0 radical (unpaired) electrons. The summed E-state index contributed by atoms with van der Waals surface area (Å²) in [6.07, 6.45) is 5.15. The summed E-state index contributed by atoms with van der Waals surface area (Å²) in [6.45, 7) is 7.09. The van der Waals surface area contributed by atoms with Crippen LogP contribution in [-0.2, 0) is 0 Å². The second-order valence-electron chi connectivity index (χ2n) is 4.52. The van der Waals surface area contributed by atoms with Crippen LogP contribution in [0.15, 0.2) is 11.6 Å². The summed E-state index contributed by atoms with van der Waals surface area (Å²) < 4.78 is 0. The highest BCUT2D eigenvalue weighted by atomic mass is 14.6. The zero-order valence-corrected chi connectivity index (χ0v) is 7.15. The summed E-state index contributed by atoms with van der Waals surface area (Å²) in [7, 11) is 0. The van der Waals surface area contributed by atoms with Crippen molar-refractivity contribution in [3.63, 3.8) is 0 Å². The first-order valence-corrected chi connectivity index (χ1v) is 4.28. The van der Waals surface area contributed by atoms with Gasteiger partial charge in [-0.3, -0.25) is 0 Å². The molecule has 0 aromatic heterocycles. The smallest absolute Gasteiger partial charge is 0.0286 e. The van der Waals surface area contributed by atoms with Gasteiger partial charge in [-0.25, -0.2) is 0 Å². The standard InChI is InChI=1S/C10H16/c1-7-4-5-8-9(6-7)10(8,2)3/h4,8-9H,5-6H2,1-3H3/t8-,9+/m0/s1. The maximum atomic E-state index is 2.43. The normalized spacial score (nSPS) is 42.1. The van der Waals surface area contributed by atoms with E-state index in [1.54, 1.807) is 5.57 Å². The Hall–Kier alpha value is -0.260. The van der Waals surface area contributed by atoms with Gasteiger partial charge in [0.15, 0.2) is 0 Å². The van der Waals surface area contributed by atoms with E-state index < -0.39 is 0 Å². The van der Waals surface area contributed by atoms with Crippen LogP contribution in [0.1, 0.15) is 33.6 Å². The third kappa shape index (κ3) is 0.680. The summed E-state index contributed by atoms with van der Waals surface area (Å²) in [5, 5.41) is 0. The van der Waals surface area contributed by atoms with Crippen LogP contribution in [0.25, 0.3) is 0 Å². The third-order valence-corrected chi connectivity index (χ3v) is 3.55. The molecule has 0 saturated heterocycles. The van der Waals surface area contributed by atoms with Crippen molar-refractivity contribution in [3.05, 3.63) is 11.6 Å². The Kier molecular flexibility index (Phi) is 1.07. The van der Waals surface area contributed by atoms with Gasteiger partial charge < -0.3 is 0 Å². The number of allylic oxidation sites excluding steroid dienone is 2.